The minimum Gasteiger partial charge on any atom is -0.352 e. The predicted molar refractivity (Wildman–Crippen MR) is 173 cm³/mol. The molecule has 2 atom stereocenters. The van der Waals surface area contributed by atoms with Crippen molar-refractivity contribution in [3.05, 3.63) is 113 Å². The molecule has 1 N–H and O–H groups in total. The molecular weight excluding hydrogens is 614 g/mol. The van der Waals surface area contributed by atoms with Gasteiger partial charge in [-0.2, -0.15) is 0 Å². The number of hydrogen-bond donors (Lipinski definition) is 1. The largest absolute Gasteiger partial charge is 0.352 e. The van der Waals surface area contributed by atoms with E-state index in [1.54, 1.807) is 12.1 Å². The third-order valence-corrected chi connectivity index (χ3v) is 8.85. The van der Waals surface area contributed by atoms with Gasteiger partial charge in [0.25, 0.3) is 0 Å². The number of sulfonamides is 1. The molecule has 0 heterocycles. The van der Waals surface area contributed by atoms with Gasteiger partial charge in [-0.15, -0.1) is 0 Å². The number of carbonyl (C=O) groups excluding carboxylic acids is 2. The van der Waals surface area contributed by atoms with Gasteiger partial charge in [0, 0.05) is 28.9 Å². The van der Waals surface area contributed by atoms with Crippen LogP contribution in [0.5, 0.6) is 0 Å². The summed E-state index contributed by atoms with van der Waals surface area (Å²) in [6, 6.07) is 28.9. The lowest BCUT2D eigenvalue weighted by Gasteiger charge is -2.34. The van der Waals surface area contributed by atoms with Crippen LogP contribution in [-0.4, -0.2) is 50.0 Å². The third kappa shape index (κ3) is 7.98. The number of nitrogens with one attached hydrogen (secondary N) is 1. The Morgan fingerprint density at radius 3 is 2.21 bits per heavy atom. The molecule has 0 saturated carbocycles. The van der Waals surface area contributed by atoms with E-state index in [-0.39, 0.29) is 24.9 Å². The lowest BCUT2D eigenvalue weighted by atomic mass is 10.0. The smallest absolute Gasteiger partial charge is 0.244 e. The van der Waals surface area contributed by atoms with E-state index in [0.717, 1.165) is 38.0 Å². The number of nitrogens with zero attached hydrogens (tertiary/aromatic N) is 2. The highest BCUT2D eigenvalue weighted by atomic mass is 79.9. The molecule has 0 aliphatic rings. The summed E-state index contributed by atoms with van der Waals surface area (Å²) in [6.07, 6.45) is 2.10. The quantitative estimate of drug-likeness (QED) is 0.206. The van der Waals surface area contributed by atoms with Crippen molar-refractivity contribution in [2.45, 2.75) is 45.3 Å². The number of anilines is 1. The van der Waals surface area contributed by atoms with Crippen LogP contribution in [0.1, 0.15) is 31.4 Å². The van der Waals surface area contributed by atoms with Gasteiger partial charge >= 0.3 is 0 Å². The van der Waals surface area contributed by atoms with Crippen LogP contribution in [0.4, 0.5) is 5.69 Å². The highest BCUT2D eigenvalue weighted by Gasteiger charge is 2.33. The van der Waals surface area contributed by atoms with Gasteiger partial charge in [0.2, 0.25) is 21.8 Å². The number of rotatable bonds is 12. The minimum atomic E-state index is -3.87. The number of hydrogen-bond acceptors (Lipinski definition) is 4. The van der Waals surface area contributed by atoms with Gasteiger partial charge in [0.05, 0.1) is 11.9 Å². The molecule has 2 amide bonds. The van der Waals surface area contributed by atoms with Crippen LogP contribution >= 0.6 is 15.9 Å². The number of amides is 2. The van der Waals surface area contributed by atoms with Crippen LogP contribution in [-0.2, 0) is 32.6 Å². The highest BCUT2D eigenvalue weighted by Crippen LogP contribution is 2.29. The molecule has 0 bridgehead atoms. The lowest BCUT2D eigenvalue weighted by Crippen LogP contribution is -2.54. The second-order valence-corrected chi connectivity index (χ2v) is 13.3. The van der Waals surface area contributed by atoms with Crippen molar-refractivity contribution in [3.63, 3.8) is 0 Å². The van der Waals surface area contributed by atoms with Gasteiger partial charge in [0.1, 0.15) is 12.6 Å². The molecule has 0 aliphatic carbocycles. The minimum absolute atomic E-state index is 0.0956. The molecule has 42 heavy (non-hydrogen) atoms. The Kier molecular flexibility index (Phi) is 10.4. The summed E-state index contributed by atoms with van der Waals surface area (Å²) in [5, 5.41) is 4.62. The first-order valence-corrected chi connectivity index (χ1v) is 16.5. The predicted octanol–water partition coefficient (Wildman–Crippen LogP) is 5.92. The zero-order chi connectivity index (χ0) is 30.3. The maximum Gasteiger partial charge on any atom is 0.244 e. The summed E-state index contributed by atoms with van der Waals surface area (Å²) in [5.74, 6) is -0.763. The van der Waals surface area contributed by atoms with Crippen LogP contribution in [0.3, 0.4) is 0 Å². The van der Waals surface area contributed by atoms with Crippen molar-refractivity contribution in [2.75, 3.05) is 17.1 Å². The van der Waals surface area contributed by atoms with Crippen molar-refractivity contribution in [1.29, 1.82) is 0 Å². The molecule has 7 nitrogen and oxygen atoms in total. The summed E-state index contributed by atoms with van der Waals surface area (Å²) in [6.45, 7) is 3.57. The second-order valence-electron chi connectivity index (χ2n) is 10.4. The topological polar surface area (TPSA) is 86.8 Å². The average Bonchev–Trinajstić information content (AvgIpc) is 2.97. The van der Waals surface area contributed by atoms with Crippen molar-refractivity contribution in [1.82, 2.24) is 10.2 Å². The molecular formula is C33H36BrN3O4S. The summed E-state index contributed by atoms with van der Waals surface area (Å²) in [7, 11) is -3.87. The van der Waals surface area contributed by atoms with Crippen molar-refractivity contribution < 1.29 is 18.0 Å². The fourth-order valence-corrected chi connectivity index (χ4v) is 6.16. The average molecular weight is 651 g/mol. The number of carbonyl (C=O) groups is 2. The Morgan fingerprint density at radius 1 is 0.881 bits per heavy atom. The van der Waals surface area contributed by atoms with E-state index in [1.807, 2.05) is 98.8 Å². The molecule has 0 fully saturated rings. The van der Waals surface area contributed by atoms with E-state index in [1.165, 1.54) is 4.90 Å². The van der Waals surface area contributed by atoms with Crippen LogP contribution in [0.2, 0.25) is 0 Å². The SMILES string of the molecule is CCC(C)NC(=O)C(Cc1ccccc1)N(Cc1cccc(Br)c1)C(=O)CN(c1cccc2ccccc12)S(C)(=O)=O. The molecule has 220 valence electrons. The normalized spacial score (nSPS) is 12.9. The maximum absolute atomic E-state index is 14.3. The van der Waals surface area contributed by atoms with Crippen molar-refractivity contribution >= 4 is 54.2 Å². The van der Waals surface area contributed by atoms with Crippen molar-refractivity contribution in [2.24, 2.45) is 0 Å². The van der Waals surface area contributed by atoms with Crippen LogP contribution in [0.25, 0.3) is 10.8 Å². The Morgan fingerprint density at radius 2 is 1.52 bits per heavy atom. The number of fused-ring (bicyclic) bond motifs is 1. The first-order valence-electron chi connectivity index (χ1n) is 13.9. The van der Waals surface area contributed by atoms with E-state index in [0.29, 0.717) is 11.1 Å². The molecule has 0 saturated heterocycles. The van der Waals surface area contributed by atoms with Gasteiger partial charge in [0.15, 0.2) is 0 Å². The van der Waals surface area contributed by atoms with Gasteiger partial charge in [-0.3, -0.25) is 13.9 Å². The third-order valence-electron chi connectivity index (χ3n) is 7.23. The summed E-state index contributed by atoms with van der Waals surface area (Å²) in [4.78, 5) is 29.6. The molecule has 0 spiro atoms. The molecule has 0 radical (unpaired) electrons. The van der Waals surface area contributed by atoms with Gasteiger partial charge < -0.3 is 10.2 Å². The zero-order valence-electron chi connectivity index (χ0n) is 24.0. The fourth-order valence-electron chi connectivity index (χ4n) is 4.85. The Bertz CT molecular complexity index is 1640. The highest BCUT2D eigenvalue weighted by molar-refractivity contribution is 9.10. The van der Waals surface area contributed by atoms with Gasteiger partial charge in [-0.1, -0.05) is 102 Å². The maximum atomic E-state index is 14.3. The number of benzene rings is 4. The Hall–Kier alpha value is -3.69. The van der Waals surface area contributed by atoms with E-state index < -0.39 is 28.5 Å². The van der Waals surface area contributed by atoms with E-state index in [2.05, 4.69) is 21.2 Å². The molecule has 0 aliphatic heterocycles. The standard InChI is InChI=1S/C33H36BrN3O4S/c1-4-24(2)35-33(39)31(21-25-12-6-5-7-13-25)36(22-26-14-10-17-28(34)20-26)32(38)23-37(42(3,40)41)30-19-11-16-27-15-8-9-18-29(27)30/h5-20,24,31H,4,21-23H2,1-3H3,(H,35,39). The lowest BCUT2D eigenvalue weighted by molar-refractivity contribution is -0.140. The van der Waals surface area contributed by atoms with E-state index in [9.17, 15) is 18.0 Å². The van der Waals surface area contributed by atoms with Crippen molar-refractivity contribution in [3.8, 4) is 0 Å². The summed E-state index contributed by atoms with van der Waals surface area (Å²) < 4.78 is 28.3. The van der Waals surface area contributed by atoms with Crippen LogP contribution in [0, 0.1) is 0 Å². The van der Waals surface area contributed by atoms with Gasteiger partial charge in [-0.25, -0.2) is 8.42 Å². The van der Waals surface area contributed by atoms with Crippen LogP contribution < -0.4 is 9.62 Å². The summed E-state index contributed by atoms with van der Waals surface area (Å²) >= 11 is 3.50. The van der Waals surface area contributed by atoms with Gasteiger partial charge in [-0.05, 0) is 48.1 Å². The molecule has 4 rings (SSSR count). The molecule has 4 aromatic rings. The zero-order valence-corrected chi connectivity index (χ0v) is 26.4. The van der Waals surface area contributed by atoms with Crippen LogP contribution in [0.15, 0.2) is 102 Å². The molecule has 9 heteroatoms. The molecule has 2 unspecified atom stereocenters. The first kappa shape index (κ1) is 31.3. The first-order chi connectivity index (χ1) is 20.1. The molecule has 0 aromatic heterocycles. The monoisotopic (exact) mass is 649 g/mol. The Balaban J connectivity index is 1.79. The molecule has 4 aromatic carbocycles. The fraction of sp³-hybridized carbons (Fsp3) is 0.273. The van der Waals surface area contributed by atoms with E-state index in [4.69, 9.17) is 0 Å². The van der Waals surface area contributed by atoms with E-state index >= 15 is 0 Å². The number of halogens is 1. The second kappa shape index (κ2) is 14.0. The Labute approximate surface area is 256 Å². The summed E-state index contributed by atoms with van der Waals surface area (Å²) in [5.41, 5.74) is 2.11.